The molecule has 0 aromatic heterocycles. The van der Waals surface area contributed by atoms with Gasteiger partial charge in [0.1, 0.15) is 17.7 Å². The molecule has 0 radical (unpaired) electrons. The Balaban J connectivity index is 1.50. The summed E-state index contributed by atoms with van der Waals surface area (Å²) < 4.78 is 21.5. The highest BCUT2D eigenvalue weighted by atomic mass is 19.1. The van der Waals surface area contributed by atoms with Crippen LogP contribution in [-0.2, 0) is 6.42 Å². The Labute approximate surface area is 207 Å². The minimum absolute atomic E-state index is 0.102. The average Bonchev–Trinajstić information content (AvgIpc) is 3.07. The van der Waals surface area contributed by atoms with Gasteiger partial charge in [-0.2, -0.15) is 0 Å². The summed E-state index contributed by atoms with van der Waals surface area (Å²) >= 11 is 0. The Morgan fingerprint density at radius 2 is 1.97 bits per heavy atom. The molecule has 35 heavy (non-hydrogen) atoms. The molecule has 0 N–H and O–H groups in total. The molecule has 2 aromatic carbocycles. The van der Waals surface area contributed by atoms with Crippen LogP contribution >= 0.6 is 0 Å². The highest BCUT2D eigenvalue weighted by molar-refractivity contribution is 5.69. The topological polar surface area (TPSA) is 55.8 Å². The van der Waals surface area contributed by atoms with Crippen molar-refractivity contribution in [1.29, 1.82) is 0 Å². The molecular weight excluding hydrogens is 443 g/mol. The molecule has 188 valence electrons. The van der Waals surface area contributed by atoms with E-state index in [0.717, 1.165) is 54.9 Å². The third-order valence-electron chi connectivity index (χ3n) is 8.11. The number of ether oxygens (including phenoxy) is 1. The molecule has 3 aliphatic heterocycles. The fraction of sp³-hybridized carbons (Fsp3) is 0.552. The Morgan fingerprint density at radius 3 is 2.60 bits per heavy atom. The second kappa shape index (κ2) is 9.12. The van der Waals surface area contributed by atoms with E-state index in [4.69, 9.17) is 4.74 Å². The third-order valence-corrected chi connectivity index (χ3v) is 8.11. The lowest BCUT2D eigenvalue weighted by Gasteiger charge is -2.53. The van der Waals surface area contributed by atoms with Crippen molar-refractivity contribution >= 4 is 6.09 Å². The number of carbonyl (C=O) groups is 1. The van der Waals surface area contributed by atoms with Gasteiger partial charge in [0.15, 0.2) is 0 Å². The molecule has 4 aliphatic rings. The van der Waals surface area contributed by atoms with Gasteiger partial charge < -0.3 is 24.4 Å². The van der Waals surface area contributed by atoms with Crippen LogP contribution in [0.15, 0.2) is 36.4 Å². The van der Waals surface area contributed by atoms with Crippen LogP contribution in [0.5, 0.6) is 5.75 Å². The molecule has 2 bridgehead atoms. The van der Waals surface area contributed by atoms with Crippen molar-refractivity contribution in [1.82, 2.24) is 9.80 Å². The second-order valence-electron chi connectivity index (χ2n) is 11.7. The molecule has 3 fully saturated rings. The number of carboxylic acid groups (broad SMARTS) is 1. The van der Waals surface area contributed by atoms with E-state index < -0.39 is 12.1 Å². The maximum atomic E-state index is 15.6. The first-order chi connectivity index (χ1) is 16.6. The lowest BCUT2D eigenvalue weighted by atomic mass is 9.79. The summed E-state index contributed by atoms with van der Waals surface area (Å²) in [7, 11) is 0. The van der Waals surface area contributed by atoms with E-state index >= 15 is 4.39 Å². The Kier molecular flexibility index (Phi) is 6.28. The van der Waals surface area contributed by atoms with Crippen LogP contribution in [-0.4, -0.2) is 48.2 Å². The predicted molar refractivity (Wildman–Crippen MR) is 133 cm³/mol. The number of piperidine rings is 3. The van der Waals surface area contributed by atoms with Gasteiger partial charge in [-0.15, -0.1) is 0 Å². The van der Waals surface area contributed by atoms with Gasteiger partial charge in [0, 0.05) is 18.2 Å². The van der Waals surface area contributed by atoms with Gasteiger partial charge in [-0.25, -0.2) is 4.39 Å². The zero-order valence-corrected chi connectivity index (χ0v) is 21.2. The number of halogens is 1. The van der Waals surface area contributed by atoms with E-state index in [1.54, 1.807) is 11.0 Å². The van der Waals surface area contributed by atoms with Gasteiger partial charge in [-0.3, -0.25) is 0 Å². The van der Waals surface area contributed by atoms with Crippen LogP contribution in [0.1, 0.15) is 57.7 Å². The van der Waals surface area contributed by atoms with E-state index in [-0.39, 0.29) is 17.3 Å². The van der Waals surface area contributed by atoms with Gasteiger partial charge >= 0.3 is 0 Å². The normalized spacial score (nSPS) is 26.6. The fourth-order valence-corrected chi connectivity index (χ4v) is 6.49. The van der Waals surface area contributed by atoms with Crippen molar-refractivity contribution in [2.45, 2.75) is 59.0 Å². The Hall–Kier alpha value is -2.60. The van der Waals surface area contributed by atoms with E-state index in [2.05, 4.69) is 32.6 Å². The SMILES string of the molecule is CC(C)COc1cccc(-c2cc3c(cc2F)[C@H](N(C(=O)[O-])[C@@H]2CN4CCC2CC4)C(C)(C)C3)c1. The monoisotopic (exact) mass is 479 g/mol. The molecule has 0 spiro atoms. The number of amides is 1. The molecule has 3 saturated heterocycles. The molecule has 5 nitrogen and oxygen atoms in total. The standard InChI is InChI=1S/C29H37FN2O3/c1-18(2)17-35-22-7-5-6-20(12-22)23-13-21-15-29(3,4)27(24(21)14-25(23)30)32(28(33)34)26-16-31-10-8-19(26)9-11-31/h5-7,12-14,18-19,26-27H,8-11,15-17H2,1-4H3,(H,33,34)/p-1/t26-,27+/m1/s1. The summed E-state index contributed by atoms with van der Waals surface area (Å²) in [6.07, 6.45) is 1.57. The smallest absolute Gasteiger partial charge is 0.137 e. The van der Waals surface area contributed by atoms with E-state index in [9.17, 15) is 9.90 Å². The van der Waals surface area contributed by atoms with Gasteiger partial charge in [-0.1, -0.05) is 39.8 Å². The average molecular weight is 480 g/mol. The molecule has 1 amide bonds. The summed E-state index contributed by atoms with van der Waals surface area (Å²) in [6, 6.07) is 10.5. The van der Waals surface area contributed by atoms with Crippen molar-refractivity contribution in [3.63, 3.8) is 0 Å². The quantitative estimate of drug-likeness (QED) is 0.592. The van der Waals surface area contributed by atoms with Crippen LogP contribution in [0.4, 0.5) is 9.18 Å². The number of hydrogen-bond donors (Lipinski definition) is 0. The number of fused-ring (bicyclic) bond motifs is 4. The van der Waals surface area contributed by atoms with Crippen LogP contribution in [0.25, 0.3) is 11.1 Å². The van der Waals surface area contributed by atoms with E-state index in [1.807, 2.05) is 30.3 Å². The van der Waals surface area contributed by atoms with Crippen LogP contribution in [0.2, 0.25) is 0 Å². The van der Waals surface area contributed by atoms with Gasteiger partial charge in [0.05, 0.1) is 12.6 Å². The number of hydrogen-bond acceptors (Lipinski definition) is 4. The summed E-state index contributed by atoms with van der Waals surface area (Å²) in [5.41, 5.74) is 2.73. The van der Waals surface area contributed by atoms with Gasteiger partial charge in [0.2, 0.25) is 0 Å². The molecule has 3 heterocycles. The number of nitrogens with zero attached hydrogens (tertiary/aromatic N) is 2. The van der Waals surface area contributed by atoms with Crippen molar-refractivity contribution < 1.29 is 19.0 Å². The molecule has 0 unspecified atom stereocenters. The number of carbonyl (C=O) groups excluding carboxylic acids is 1. The zero-order valence-electron chi connectivity index (χ0n) is 21.2. The summed E-state index contributed by atoms with van der Waals surface area (Å²) in [5, 5.41) is 12.6. The van der Waals surface area contributed by atoms with Crippen molar-refractivity contribution in [3.8, 4) is 16.9 Å². The molecular formula is C29H36FN2O3-. The molecule has 6 rings (SSSR count). The minimum Gasteiger partial charge on any atom is -0.530 e. The number of rotatable bonds is 6. The number of benzene rings is 2. The highest BCUT2D eigenvalue weighted by Gasteiger charge is 2.48. The lowest BCUT2D eigenvalue weighted by Crippen LogP contribution is -2.62. The van der Waals surface area contributed by atoms with Gasteiger partial charge in [0.25, 0.3) is 0 Å². The third kappa shape index (κ3) is 4.53. The Bertz CT molecular complexity index is 1110. The van der Waals surface area contributed by atoms with E-state index in [0.29, 0.717) is 30.4 Å². The molecule has 2 atom stereocenters. The predicted octanol–water partition coefficient (Wildman–Crippen LogP) is 4.89. The fourth-order valence-electron chi connectivity index (χ4n) is 6.49. The minimum atomic E-state index is -1.14. The van der Waals surface area contributed by atoms with Crippen molar-refractivity contribution in [2.24, 2.45) is 17.3 Å². The van der Waals surface area contributed by atoms with Gasteiger partial charge in [-0.05, 0) is 90.6 Å². The maximum absolute atomic E-state index is 15.6. The lowest BCUT2D eigenvalue weighted by molar-refractivity contribution is -0.276. The van der Waals surface area contributed by atoms with Crippen molar-refractivity contribution in [2.75, 3.05) is 26.2 Å². The second-order valence-corrected chi connectivity index (χ2v) is 11.7. The molecule has 1 aliphatic carbocycles. The van der Waals surface area contributed by atoms with E-state index in [1.165, 1.54) is 0 Å². The molecule has 2 aromatic rings. The van der Waals surface area contributed by atoms with Crippen LogP contribution < -0.4 is 9.84 Å². The summed E-state index contributed by atoms with van der Waals surface area (Å²) in [4.78, 5) is 16.5. The Morgan fingerprint density at radius 1 is 1.23 bits per heavy atom. The molecule has 6 heteroatoms. The van der Waals surface area contributed by atoms with Crippen molar-refractivity contribution in [3.05, 3.63) is 53.3 Å². The van der Waals surface area contributed by atoms with Crippen LogP contribution in [0.3, 0.4) is 0 Å². The first-order valence-electron chi connectivity index (χ1n) is 12.9. The van der Waals surface area contributed by atoms with Crippen LogP contribution in [0, 0.1) is 23.1 Å². The first kappa shape index (κ1) is 24.1. The largest absolute Gasteiger partial charge is 0.530 e. The zero-order chi connectivity index (χ0) is 24.9. The molecule has 0 saturated carbocycles. The maximum Gasteiger partial charge on any atom is 0.137 e. The summed E-state index contributed by atoms with van der Waals surface area (Å²) in [5.74, 6) is 1.13. The first-order valence-corrected chi connectivity index (χ1v) is 12.9. The summed E-state index contributed by atoms with van der Waals surface area (Å²) in [6.45, 7) is 11.8. The highest BCUT2D eigenvalue weighted by Crippen LogP contribution is 2.52.